The van der Waals surface area contributed by atoms with Crippen molar-refractivity contribution in [3.05, 3.63) is 35.9 Å². The van der Waals surface area contributed by atoms with Gasteiger partial charge in [0, 0.05) is 4.43 Å². The summed E-state index contributed by atoms with van der Waals surface area (Å²) in [5.41, 5.74) is 1.09. The highest BCUT2D eigenvalue weighted by Crippen LogP contribution is 2.11. The topological polar surface area (TPSA) is 37.3 Å². The second kappa shape index (κ2) is 5.21. The first-order valence-electron chi connectivity index (χ1n) is 4.06. The molecule has 1 rings (SSSR count). The third kappa shape index (κ3) is 3.34. The molecular weight excluding hydrogens is 279 g/mol. The van der Waals surface area contributed by atoms with Crippen LogP contribution in [0.3, 0.4) is 0 Å². The van der Waals surface area contributed by atoms with E-state index in [9.17, 15) is 4.79 Å². The minimum atomic E-state index is -0.710. The SMILES string of the molecule is O=C(O)[C@H](CI)Cc1ccccc1. The van der Waals surface area contributed by atoms with E-state index in [4.69, 9.17) is 5.11 Å². The summed E-state index contributed by atoms with van der Waals surface area (Å²) in [6.07, 6.45) is 0.624. The predicted molar refractivity (Wildman–Crippen MR) is 60.2 cm³/mol. The largest absolute Gasteiger partial charge is 0.481 e. The van der Waals surface area contributed by atoms with Crippen LogP contribution in [0.25, 0.3) is 0 Å². The van der Waals surface area contributed by atoms with Crippen molar-refractivity contribution >= 4 is 28.6 Å². The number of aliphatic carboxylic acids is 1. The Morgan fingerprint density at radius 1 is 1.38 bits per heavy atom. The molecule has 0 saturated heterocycles. The van der Waals surface area contributed by atoms with E-state index in [1.165, 1.54) is 0 Å². The molecule has 1 aromatic carbocycles. The molecule has 0 saturated carbocycles. The molecule has 0 aliphatic carbocycles. The Labute approximate surface area is 91.1 Å². The molecule has 1 N–H and O–H groups in total. The lowest BCUT2D eigenvalue weighted by molar-refractivity contribution is -0.140. The minimum Gasteiger partial charge on any atom is -0.481 e. The smallest absolute Gasteiger partial charge is 0.307 e. The summed E-state index contributed by atoms with van der Waals surface area (Å²) in [7, 11) is 0. The van der Waals surface area contributed by atoms with Gasteiger partial charge < -0.3 is 5.11 Å². The van der Waals surface area contributed by atoms with Gasteiger partial charge in [-0.15, -0.1) is 0 Å². The summed E-state index contributed by atoms with van der Waals surface area (Å²) in [5, 5.41) is 8.83. The molecule has 0 radical (unpaired) electrons. The van der Waals surface area contributed by atoms with Crippen LogP contribution in [0.15, 0.2) is 30.3 Å². The van der Waals surface area contributed by atoms with Crippen molar-refractivity contribution in [1.82, 2.24) is 0 Å². The maximum Gasteiger partial charge on any atom is 0.307 e. The predicted octanol–water partition coefficient (Wildman–Crippen LogP) is 2.36. The van der Waals surface area contributed by atoms with E-state index in [2.05, 4.69) is 22.6 Å². The summed E-state index contributed by atoms with van der Waals surface area (Å²) in [6.45, 7) is 0. The van der Waals surface area contributed by atoms with Gasteiger partial charge in [0.1, 0.15) is 0 Å². The quantitative estimate of drug-likeness (QED) is 0.683. The minimum absolute atomic E-state index is 0.261. The molecule has 0 bridgehead atoms. The van der Waals surface area contributed by atoms with Gasteiger partial charge in [-0.25, -0.2) is 0 Å². The monoisotopic (exact) mass is 290 g/mol. The molecule has 0 unspecified atom stereocenters. The number of hydrogen-bond donors (Lipinski definition) is 1. The Hall–Kier alpha value is -0.580. The average molecular weight is 290 g/mol. The van der Waals surface area contributed by atoms with Crippen molar-refractivity contribution in [2.24, 2.45) is 5.92 Å². The van der Waals surface area contributed by atoms with Gasteiger partial charge >= 0.3 is 5.97 Å². The van der Waals surface area contributed by atoms with Gasteiger partial charge in [0.15, 0.2) is 0 Å². The summed E-state index contributed by atoms with van der Waals surface area (Å²) in [6, 6.07) is 9.72. The number of alkyl halides is 1. The van der Waals surface area contributed by atoms with Crippen molar-refractivity contribution in [3.63, 3.8) is 0 Å². The van der Waals surface area contributed by atoms with Crippen LogP contribution in [0.1, 0.15) is 5.56 Å². The molecule has 0 aromatic heterocycles. The fraction of sp³-hybridized carbons (Fsp3) is 0.300. The van der Waals surface area contributed by atoms with Crippen LogP contribution in [-0.4, -0.2) is 15.5 Å². The van der Waals surface area contributed by atoms with Crippen molar-refractivity contribution in [2.45, 2.75) is 6.42 Å². The molecule has 2 nitrogen and oxygen atoms in total. The van der Waals surface area contributed by atoms with Gasteiger partial charge in [-0.3, -0.25) is 4.79 Å². The van der Waals surface area contributed by atoms with Crippen molar-refractivity contribution in [3.8, 4) is 0 Å². The van der Waals surface area contributed by atoms with E-state index in [0.717, 1.165) is 5.56 Å². The lowest BCUT2D eigenvalue weighted by atomic mass is 10.0. The molecule has 3 heteroatoms. The molecular formula is C10H11IO2. The van der Waals surface area contributed by atoms with Gasteiger partial charge in [-0.2, -0.15) is 0 Å². The first kappa shape index (κ1) is 10.5. The van der Waals surface area contributed by atoms with E-state index >= 15 is 0 Å². The Bertz CT molecular complexity index is 272. The van der Waals surface area contributed by atoms with Crippen LogP contribution < -0.4 is 0 Å². The number of halogens is 1. The molecule has 0 spiro atoms. The molecule has 0 amide bonds. The molecule has 0 fully saturated rings. The van der Waals surface area contributed by atoms with Gasteiger partial charge in [-0.1, -0.05) is 52.9 Å². The lowest BCUT2D eigenvalue weighted by Gasteiger charge is -2.07. The molecule has 0 aliphatic heterocycles. The Morgan fingerprint density at radius 2 is 2.00 bits per heavy atom. The maximum absolute atomic E-state index is 10.7. The Kier molecular flexibility index (Phi) is 4.21. The summed E-state index contributed by atoms with van der Waals surface area (Å²) >= 11 is 2.11. The molecule has 0 aliphatic rings. The zero-order valence-electron chi connectivity index (χ0n) is 7.11. The highest BCUT2D eigenvalue weighted by atomic mass is 127. The maximum atomic E-state index is 10.7. The standard InChI is InChI=1S/C10H11IO2/c11-7-9(10(12)13)6-8-4-2-1-3-5-8/h1-5,9H,6-7H2,(H,12,13)/t9-/m0/s1. The van der Waals surface area contributed by atoms with Crippen LogP contribution in [0.4, 0.5) is 0 Å². The fourth-order valence-corrected chi connectivity index (χ4v) is 1.79. The van der Waals surface area contributed by atoms with Crippen LogP contribution in [0, 0.1) is 5.92 Å². The summed E-state index contributed by atoms with van der Waals surface area (Å²) in [5.74, 6) is -0.971. The molecule has 70 valence electrons. The van der Waals surface area contributed by atoms with Gasteiger partial charge in [0.05, 0.1) is 5.92 Å². The third-order valence-corrected chi connectivity index (χ3v) is 2.92. The van der Waals surface area contributed by atoms with Crippen LogP contribution in [0.5, 0.6) is 0 Å². The van der Waals surface area contributed by atoms with E-state index in [1.807, 2.05) is 30.3 Å². The average Bonchev–Trinajstić information content (AvgIpc) is 2.15. The molecule has 0 heterocycles. The van der Waals surface area contributed by atoms with Crippen molar-refractivity contribution in [2.75, 3.05) is 4.43 Å². The first-order valence-corrected chi connectivity index (χ1v) is 5.59. The molecule has 1 aromatic rings. The highest BCUT2D eigenvalue weighted by molar-refractivity contribution is 14.1. The highest BCUT2D eigenvalue weighted by Gasteiger charge is 2.15. The van der Waals surface area contributed by atoms with E-state index in [-0.39, 0.29) is 5.92 Å². The van der Waals surface area contributed by atoms with E-state index in [1.54, 1.807) is 0 Å². The molecule has 13 heavy (non-hydrogen) atoms. The van der Waals surface area contributed by atoms with E-state index < -0.39 is 5.97 Å². The van der Waals surface area contributed by atoms with Gasteiger partial charge in [0.2, 0.25) is 0 Å². The number of rotatable bonds is 4. The Balaban J connectivity index is 2.62. The lowest BCUT2D eigenvalue weighted by Crippen LogP contribution is -2.17. The number of benzene rings is 1. The van der Waals surface area contributed by atoms with Crippen LogP contribution in [0.2, 0.25) is 0 Å². The Morgan fingerprint density at radius 3 is 2.46 bits per heavy atom. The number of carboxylic acid groups (broad SMARTS) is 1. The van der Waals surface area contributed by atoms with Gasteiger partial charge in [0.25, 0.3) is 0 Å². The van der Waals surface area contributed by atoms with Crippen molar-refractivity contribution in [1.29, 1.82) is 0 Å². The zero-order valence-corrected chi connectivity index (χ0v) is 9.27. The normalized spacial score (nSPS) is 12.4. The first-order chi connectivity index (χ1) is 6.24. The third-order valence-electron chi connectivity index (χ3n) is 1.86. The summed E-state index contributed by atoms with van der Waals surface area (Å²) < 4.78 is 0.655. The van der Waals surface area contributed by atoms with Crippen LogP contribution >= 0.6 is 22.6 Å². The number of carbonyl (C=O) groups is 1. The van der Waals surface area contributed by atoms with Crippen molar-refractivity contribution < 1.29 is 9.90 Å². The van der Waals surface area contributed by atoms with Gasteiger partial charge in [-0.05, 0) is 12.0 Å². The molecule has 1 atom stereocenters. The number of hydrogen-bond acceptors (Lipinski definition) is 1. The number of carboxylic acids is 1. The summed E-state index contributed by atoms with van der Waals surface area (Å²) in [4.78, 5) is 10.7. The van der Waals surface area contributed by atoms with E-state index in [0.29, 0.717) is 10.8 Å². The fourth-order valence-electron chi connectivity index (χ4n) is 1.11. The van der Waals surface area contributed by atoms with Crippen LogP contribution in [-0.2, 0) is 11.2 Å². The second-order valence-corrected chi connectivity index (χ2v) is 3.76. The second-order valence-electron chi connectivity index (χ2n) is 2.88. The zero-order chi connectivity index (χ0) is 9.68.